The molecule has 0 heterocycles. The number of nitrogens with zero attached hydrogens (tertiary/aromatic N) is 2. The summed E-state index contributed by atoms with van der Waals surface area (Å²) in [5.41, 5.74) is 0. The molecule has 0 bridgehead atoms. The van der Waals surface area contributed by atoms with Gasteiger partial charge in [0.05, 0.1) is 0 Å². The molecule has 2 atom stereocenters. The molecule has 0 saturated heterocycles. The Bertz CT molecular complexity index is 118. The molecule has 0 aromatic heterocycles. The lowest BCUT2D eigenvalue weighted by molar-refractivity contribution is 0.145. The molecule has 0 amide bonds. The number of hydrogen-bond acceptors (Lipinski definition) is 2. The average molecular weight is 170 g/mol. The first-order valence-corrected chi connectivity index (χ1v) is 4.94. The van der Waals surface area contributed by atoms with Gasteiger partial charge >= 0.3 is 0 Å². The van der Waals surface area contributed by atoms with Crippen LogP contribution in [0.1, 0.15) is 25.7 Å². The van der Waals surface area contributed by atoms with Gasteiger partial charge in [0.1, 0.15) is 0 Å². The zero-order valence-corrected chi connectivity index (χ0v) is 8.88. The highest BCUT2D eigenvalue weighted by Crippen LogP contribution is 2.23. The molecule has 1 aliphatic rings. The summed E-state index contributed by atoms with van der Waals surface area (Å²) in [6.45, 7) is 0. The minimum atomic E-state index is 0.811. The molecule has 1 saturated carbocycles. The Morgan fingerprint density at radius 1 is 0.833 bits per heavy atom. The van der Waals surface area contributed by atoms with Crippen molar-refractivity contribution in [3.63, 3.8) is 0 Å². The predicted molar refractivity (Wildman–Crippen MR) is 53.4 cm³/mol. The Kier molecular flexibility index (Phi) is 3.53. The average Bonchev–Trinajstić information content (AvgIpc) is 2.04. The third-order valence-electron chi connectivity index (χ3n) is 3.08. The Morgan fingerprint density at radius 2 is 1.25 bits per heavy atom. The van der Waals surface area contributed by atoms with E-state index in [1.54, 1.807) is 0 Å². The molecule has 1 rings (SSSR count). The largest absolute Gasteiger partial charge is 0.306 e. The summed E-state index contributed by atoms with van der Waals surface area (Å²) in [5, 5.41) is 0. The monoisotopic (exact) mass is 170 g/mol. The van der Waals surface area contributed by atoms with E-state index in [9.17, 15) is 0 Å². The lowest BCUT2D eigenvalue weighted by Crippen LogP contribution is -2.40. The van der Waals surface area contributed by atoms with E-state index in [4.69, 9.17) is 0 Å². The fourth-order valence-corrected chi connectivity index (χ4v) is 2.08. The molecule has 0 aromatic rings. The Balaban J connectivity index is 2.40. The summed E-state index contributed by atoms with van der Waals surface area (Å²) in [4.78, 5) is 4.74. The molecule has 72 valence electrons. The fraction of sp³-hybridized carbons (Fsp3) is 1.00. The highest BCUT2D eigenvalue weighted by atomic mass is 15.1. The van der Waals surface area contributed by atoms with Gasteiger partial charge in [-0.1, -0.05) is 6.42 Å². The number of hydrogen-bond donors (Lipinski definition) is 0. The van der Waals surface area contributed by atoms with Gasteiger partial charge in [-0.05, 0) is 47.5 Å². The van der Waals surface area contributed by atoms with Crippen molar-refractivity contribution in [2.24, 2.45) is 0 Å². The Morgan fingerprint density at radius 3 is 1.58 bits per heavy atom. The first-order chi connectivity index (χ1) is 5.61. The van der Waals surface area contributed by atoms with Crippen molar-refractivity contribution in [2.45, 2.75) is 37.8 Å². The molecule has 0 radical (unpaired) electrons. The molecular formula is C10H22N2. The van der Waals surface area contributed by atoms with Crippen LogP contribution in [-0.4, -0.2) is 50.1 Å². The molecule has 1 fully saturated rings. The summed E-state index contributed by atoms with van der Waals surface area (Å²) < 4.78 is 0. The van der Waals surface area contributed by atoms with Crippen LogP contribution >= 0.6 is 0 Å². The molecule has 0 aromatic carbocycles. The van der Waals surface area contributed by atoms with E-state index >= 15 is 0 Å². The third-order valence-corrected chi connectivity index (χ3v) is 3.08. The molecule has 1 aliphatic carbocycles. The van der Waals surface area contributed by atoms with Crippen LogP contribution in [0.4, 0.5) is 0 Å². The van der Waals surface area contributed by atoms with Gasteiger partial charge in [0, 0.05) is 12.1 Å². The summed E-state index contributed by atoms with van der Waals surface area (Å²) in [6.07, 6.45) is 5.51. The van der Waals surface area contributed by atoms with Gasteiger partial charge in [-0.15, -0.1) is 0 Å². The van der Waals surface area contributed by atoms with E-state index in [2.05, 4.69) is 38.0 Å². The molecule has 0 N–H and O–H groups in total. The Labute approximate surface area is 76.5 Å². The fourth-order valence-electron chi connectivity index (χ4n) is 2.08. The van der Waals surface area contributed by atoms with Crippen molar-refractivity contribution in [3.8, 4) is 0 Å². The summed E-state index contributed by atoms with van der Waals surface area (Å²) in [5.74, 6) is 0. The van der Waals surface area contributed by atoms with Crippen LogP contribution in [0, 0.1) is 0 Å². The summed E-state index contributed by atoms with van der Waals surface area (Å²) in [6, 6.07) is 1.62. The topological polar surface area (TPSA) is 6.48 Å². The van der Waals surface area contributed by atoms with Gasteiger partial charge in [-0.3, -0.25) is 0 Å². The van der Waals surface area contributed by atoms with Crippen LogP contribution in [0.3, 0.4) is 0 Å². The van der Waals surface area contributed by atoms with Crippen LogP contribution < -0.4 is 0 Å². The highest BCUT2D eigenvalue weighted by molar-refractivity contribution is 4.81. The van der Waals surface area contributed by atoms with Crippen LogP contribution in [0.25, 0.3) is 0 Å². The van der Waals surface area contributed by atoms with E-state index in [-0.39, 0.29) is 0 Å². The third kappa shape index (κ3) is 2.46. The quantitative estimate of drug-likeness (QED) is 0.618. The summed E-state index contributed by atoms with van der Waals surface area (Å²) >= 11 is 0. The van der Waals surface area contributed by atoms with Gasteiger partial charge < -0.3 is 9.80 Å². The second kappa shape index (κ2) is 4.24. The van der Waals surface area contributed by atoms with Crippen molar-refractivity contribution in [2.75, 3.05) is 28.2 Å². The second-order valence-corrected chi connectivity index (χ2v) is 4.40. The maximum atomic E-state index is 2.37. The van der Waals surface area contributed by atoms with Crippen LogP contribution in [0.15, 0.2) is 0 Å². The van der Waals surface area contributed by atoms with Crippen molar-refractivity contribution >= 4 is 0 Å². The molecule has 2 heteroatoms. The highest BCUT2D eigenvalue weighted by Gasteiger charge is 2.24. The van der Waals surface area contributed by atoms with E-state index in [0.717, 1.165) is 12.1 Å². The molecule has 0 unspecified atom stereocenters. The van der Waals surface area contributed by atoms with E-state index in [1.807, 2.05) is 0 Å². The van der Waals surface area contributed by atoms with Crippen molar-refractivity contribution in [3.05, 3.63) is 0 Å². The lowest BCUT2D eigenvalue weighted by atomic mass is 9.90. The van der Waals surface area contributed by atoms with E-state index in [1.165, 1.54) is 25.7 Å². The SMILES string of the molecule is CN(C)[C@H]1CCC[C@H](N(C)C)C1. The molecule has 12 heavy (non-hydrogen) atoms. The lowest BCUT2D eigenvalue weighted by Gasteiger charge is -2.36. The Hall–Kier alpha value is -0.0800. The van der Waals surface area contributed by atoms with Crippen LogP contribution in [0.5, 0.6) is 0 Å². The van der Waals surface area contributed by atoms with Crippen molar-refractivity contribution < 1.29 is 0 Å². The first-order valence-electron chi connectivity index (χ1n) is 4.94. The van der Waals surface area contributed by atoms with Gasteiger partial charge in [-0.25, -0.2) is 0 Å². The maximum Gasteiger partial charge on any atom is 0.0104 e. The number of rotatable bonds is 2. The smallest absolute Gasteiger partial charge is 0.0104 e. The first kappa shape index (κ1) is 10.0. The van der Waals surface area contributed by atoms with Crippen molar-refractivity contribution in [1.82, 2.24) is 9.80 Å². The normalized spacial score (nSPS) is 31.5. The molecule has 0 spiro atoms. The van der Waals surface area contributed by atoms with Gasteiger partial charge in [0.15, 0.2) is 0 Å². The summed E-state index contributed by atoms with van der Waals surface area (Å²) in [7, 11) is 8.79. The zero-order valence-electron chi connectivity index (χ0n) is 8.88. The predicted octanol–water partition coefficient (Wildman–Crippen LogP) is 1.42. The van der Waals surface area contributed by atoms with Crippen molar-refractivity contribution in [1.29, 1.82) is 0 Å². The van der Waals surface area contributed by atoms with Gasteiger partial charge in [0.25, 0.3) is 0 Å². The minimum absolute atomic E-state index is 0.811. The van der Waals surface area contributed by atoms with E-state index < -0.39 is 0 Å². The van der Waals surface area contributed by atoms with Crippen LogP contribution in [0.2, 0.25) is 0 Å². The van der Waals surface area contributed by atoms with Gasteiger partial charge in [0.2, 0.25) is 0 Å². The maximum absolute atomic E-state index is 2.37. The molecule has 2 nitrogen and oxygen atoms in total. The van der Waals surface area contributed by atoms with Crippen LogP contribution in [-0.2, 0) is 0 Å². The minimum Gasteiger partial charge on any atom is -0.306 e. The molecule has 0 aliphatic heterocycles. The van der Waals surface area contributed by atoms with E-state index in [0.29, 0.717) is 0 Å². The van der Waals surface area contributed by atoms with Gasteiger partial charge in [-0.2, -0.15) is 0 Å². The second-order valence-electron chi connectivity index (χ2n) is 4.40. The standard InChI is InChI=1S/C10H22N2/c1-11(2)9-6-5-7-10(8-9)12(3)4/h9-10H,5-8H2,1-4H3/t9-,10-/m0/s1. The zero-order chi connectivity index (χ0) is 9.14. The molecular weight excluding hydrogens is 148 g/mol.